The number of carbonyl (C=O) groups excluding carboxylic acids is 9. The van der Waals surface area contributed by atoms with E-state index >= 15 is 0 Å². The zero-order valence-electron chi connectivity index (χ0n) is 41.0. The normalized spacial score (nSPS) is 21.9. The molecule has 24 nitrogen and oxygen atoms in total. The van der Waals surface area contributed by atoms with Crippen LogP contribution in [0.25, 0.3) is 0 Å². The summed E-state index contributed by atoms with van der Waals surface area (Å²) in [5, 5.41) is 24.6. The molecular formula is C49H67N15O9. The SMILES string of the molecule is C=NC(N)=NCCC[C@@H]1NC(=O)[C@@H](Cc2ccccc2)NC(=O)[C@H](Cc2cnc[nH]2)NC(=O)C(NC(=O)[C@H](CCCC)NC(C)=O)CCC(=O)NCC(C(=O)N[C@@H](CC2CNc3ccccc32)C(N)=O)NC1=O. The molecule has 3 aromatic rings. The van der Waals surface area contributed by atoms with Gasteiger partial charge in [0.05, 0.1) is 6.33 Å². The summed E-state index contributed by atoms with van der Waals surface area (Å²) < 4.78 is 0. The van der Waals surface area contributed by atoms with Crippen molar-refractivity contribution in [3.63, 3.8) is 0 Å². The summed E-state index contributed by atoms with van der Waals surface area (Å²) in [5.74, 6) is -7.42. The molecule has 2 aliphatic rings. The number of carbonyl (C=O) groups is 9. The first-order valence-electron chi connectivity index (χ1n) is 24.3. The fourth-order valence-electron chi connectivity index (χ4n) is 8.40. The van der Waals surface area contributed by atoms with Crippen molar-refractivity contribution in [2.45, 2.75) is 126 Å². The summed E-state index contributed by atoms with van der Waals surface area (Å²) in [6.45, 7) is 6.45. The highest BCUT2D eigenvalue weighted by atomic mass is 16.2. The molecule has 3 unspecified atom stereocenters. The number of anilines is 1. The fraction of sp³-hybridized carbons (Fsp3) is 0.469. The topological polar surface area (TPSA) is 367 Å². The van der Waals surface area contributed by atoms with Crippen LogP contribution < -0.4 is 59.3 Å². The van der Waals surface area contributed by atoms with Gasteiger partial charge in [0.15, 0.2) is 0 Å². The van der Waals surface area contributed by atoms with E-state index in [1.54, 1.807) is 30.3 Å². The number of fused-ring (bicyclic) bond motifs is 1. The Balaban J connectivity index is 1.52. The number of unbranched alkanes of at least 4 members (excludes halogenated alkanes) is 1. The molecule has 1 aromatic heterocycles. The molecular weight excluding hydrogens is 943 g/mol. The zero-order valence-corrected chi connectivity index (χ0v) is 41.0. The van der Waals surface area contributed by atoms with Gasteiger partial charge in [0.25, 0.3) is 0 Å². The number of amides is 9. The molecule has 1 saturated heterocycles. The van der Waals surface area contributed by atoms with E-state index in [0.717, 1.165) is 11.3 Å². The number of hydrogen-bond acceptors (Lipinski definition) is 12. The second-order valence-electron chi connectivity index (χ2n) is 17.9. The van der Waals surface area contributed by atoms with E-state index in [2.05, 4.69) is 74.5 Å². The number of para-hydroxylation sites is 1. The first-order chi connectivity index (χ1) is 35.0. The van der Waals surface area contributed by atoms with Crippen LogP contribution in [0, 0.1) is 0 Å². The number of guanidine groups is 1. The minimum atomic E-state index is -1.58. The molecule has 73 heavy (non-hydrogen) atoms. The molecule has 0 saturated carbocycles. The molecule has 5 rings (SSSR count). The second kappa shape index (κ2) is 28.0. The lowest BCUT2D eigenvalue weighted by Gasteiger charge is -2.28. The number of hydrogen-bond donors (Lipinski definition) is 12. The number of aliphatic imine (C=N–C) groups is 2. The van der Waals surface area contributed by atoms with Gasteiger partial charge >= 0.3 is 0 Å². The molecule has 8 atom stereocenters. The molecule has 3 heterocycles. The lowest BCUT2D eigenvalue weighted by molar-refractivity contribution is -0.136. The van der Waals surface area contributed by atoms with E-state index in [-0.39, 0.29) is 63.4 Å². The van der Waals surface area contributed by atoms with Gasteiger partial charge < -0.3 is 64.3 Å². The van der Waals surface area contributed by atoms with Crippen molar-refractivity contribution in [1.82, 2.24) is 52.5 Å². The monoisotopic (exact) mass is 1010 g/mol. The summed E-state index contributed by atoms with van der Waals surface area (Å²) >= 11 is 0. The van der Waals surface area contributed by atoms with E-state index in [4.69, 9.17) is 11.5 Å². The van der Waals surface area contributed by atoms with Gasteiger partial charge in [-0.3, -0.25) is 48.1 Å². The number of nitrogens with zero attached hydrogens (tertiary/aromatic N) is 3. The third-order valence-corrected chi connectivity index (χ3v) is 12.3. The van der Waals surface area contributed by atoms with Crippen LogP contribution in [0.15, 0.2) is 77.1 Å². The Morgan fingerprint density at radius 2 is 1.49 bits per heavy atom. The minimum absolute atomic E-state index is 0.0527. The average Bonchev–Trinajstić information content (AvgIpc) is 4.05. The molecule has 0 radical (unpaired) electrons. The lowest BCUT2D eigenvalue weighted by Crippen LogP contribution is -2.62. The first kappa shape index (κ1) is 55.7. The molecule has 14 N–H and O–H groups in total. The maximum atomic E-state index is 14.6. The Morgan fingerprint density at radius 1 is 0.808 bits per heavy atom. The van der Waals surface area contributed by atoms with Crippen molar-refractivity contribution in [2.24, 2.45) is 21.5 Å². The highest BCUT2D eigenvalue weighted by molar-refractivity contribution is 5.98. The molecule has 0 bridgehead atoms. The third kappa shape index (κ3) is 17.6. The van der Waals surface area contributed by atoms with Gasteiger partial charge in [-0.05, 0) is 56.0 Å². The van der Waals surface area contributed by atoms with Gasteiger partial charge in [-0.2, -0.15) is 0 Å². The van der Waals surface area contributed by atoms with Crippen LogP contribution in [0.1, 0.15) is 88.0 Å². The molecule has 2 aromatic carbocycles. The smallest absolute Gasteiger partial charge is 0.245 e. The first-order valence-corrected chi connectivity index (χ1v) is 24.3. The number of nitrogens with two attached hydrogens (primary N) is 2. The molecule has 0 aliphatic carbocycles. The van der Waals surface area contributed by atoms with Crippen molar-refractivity contribution >= 4 is 71.5 Å². The highest BCUT2D eigenvalue weighted by Gasteiger charge is 2.36. The quantitative estimate of drug-likeness (QED) is 0.0375. The summed E-state index contributed by atoms with van der Waals surface area (Å²) in [7, 11) is 0. The van der Waals surface area contributed by atoms with Crippen LogP contribution in [0.5, 0.6) is 0 Å². The predicted molar refractivity (Wildman–Crippen MR) is 270 cm³/mol. The zero-order chi connectivity index (χ0) is 52.9. The van der Waals surface area contributed by atoms with Gasteiger partial charge in [-0.25, -0.2) is 9.98 Å². The van der Waals surface area contributed by atoms with E-state index in [9.17, 15) is 43.2 Å². The van der Waals surface area contributed by atoms with Gasteiger partial charge in [0.1, 0.15) is 42.3 Å². The molecule has 0 spiro atoms. The van der Waals surface area contributed by atoms with E-state index in [1.807, 2.05) is 31.2 Å². The maximum Gasteiger partial charge on any atom is 0.245 e. The summed E-state index contributed by atoms with van der Waals surface area (Å²) in [4.78, 5) is 139. The van der Waals surface area contributed by atoms with Crippen LogP contribution in [-0.2, 0) is 56.0 Å². The molecule has 2 aliphatic heterocycles. The van der Waals surface area contributed by atoms with Crippen molar-refractivity contribution in [3.8, 4) is 0 Å². The van der Waals surface area contributed by atoms with Gasteiger partial charge in [0, 0.05) is 69.3 Å². The van der Waals surface area contributed by atoms with Crippen LogP contribution in [-0.4, -0.2) is 138 Å². The molecule has 9 amide bonds. The van der Waals surface area contributed by atoms with Crippen LogP contribution in [0.2, 0.25) is 0 Å². The van der Waals surface area contributed by atoms with Crippen molar-refractivity contribution in [2.75, 3.05) is 25.0 Å². The van der Waals surface area contributed by atoms with Crippen molar-refractivity contribution in [3.05, 3.63) is 83.9 Å². The number of H-pyrrole nitrogens is 1. The Kier molecular flexibility index (Phi) is 21.4. The van der Waals surface area contributed by atoms with Crippen molar-refractivity contribution < 1.29 is 43.2 Å². The summed E-state index contributed by atoms with van der Waals surface area (Å²) in [6, 6.07) is 6.70. The average molecular weight is 1010 g/mol. The Bertz CT molecular complexity index is 2450. The molecule has 392 valence electrons. The second-order valence-corrected chi connectivity index (χ2v) is 17.9. The lowest BCUT2D eigenvalue weighted by atomic mass is 9.93. The maximum absolute atomic E-state index is 14.6. The molecule has 24 heteroatoms. The summed E-state index contributed by atoms with van der Waals surface area (Å²) in [6.07, 6.45) is 3.42. The number of nitrogens with one attached hydrogen (secondary N) is 10. The number of imidazole rings is 1. The number of aromatic amines is 1. The highest BCUT2D eigenvalue weighted by Crippen LogP contribution is 2.34. The number of primary amides is 1. The van der Waals surface area contributed by atoms with E-state index in [0.29, 0.717) is 30.6 Å². The fourth-order valence-corrected chi connectivity index (χ4v) is 8.40. The van der Waals surface area contributed by atoms with Crippen molar-refractivity contribution in [1.29, 1.82) is 0 Å². The Morgan fingerprint density at radius 3 is 2.18 bits per heavy atom. The van der Waals surface area contributed by atoms with E-state index in [1.165, 1.54) is 19.4 Å². The summed E-state index contributed by atoms with van der Waals surface area (Å²) in [5.41, 5.74) is 14.4. The van der Waals surface area contributed by atoms with Crippen LogP contribution in [0.4, 0.5) is 5.69 Å². The van der Waals surface area contributed by atoms with Crippen LogP contribution >= 0.6 is 0 Å². The van der Waals surface area contributed by atoms with Gasteiger partial charge in [0.2, 0.25) is 59.1 Å². The van der Waals surface area contributed by atoms with Gasteiger partial charge in [-0.15, -0.1) is 0 Å². The standard InChI is InChI=1S/C49H67N15O9/c1-4-5-15-34(58-28(2)65)43(68)60-36-18-19-41(66)56-26-40(48(73)61-37(42(50)67)22-30-24-55-33-16-10-9-14-32(30)33)64-44(69)35(17-11-20-54-49(51)52-3)59-46(71)38(21-29-12-7-6-8-13-29)62-47(72)39(63-45(36)70)23-31-25-53-27-57-31/h6-10,12-14,16,25,27,30,34-40,55H,3-5,11,15,17-24,26H2,1-2H3,(H2,50,67)(H2,51,54)(H,53,57)(H,56,66)(H,58,65)(H,59,71)(H,60,68)(H,61,73)(H,62,72)(H,63,70)(H,64,69)/t30?,34-,35-,36?,37-,38+,39-,40?/m0/s1. The number of aromatic nitrogens is 2. The number of rotatable bonds is 19. The number of benzene rings is 2. The van der Waals surface area contributed by atoms with Crippen LogP contribution in [0.3, 0.4) is 0 Å². The minimum Gasteiger partial charge on any atom is -0.384 e. The largest absolute Gasteiger partial charge is 0.384 e. The Labute approximate surface area is 422 Å². The predicted octanol–water partition coefficient (Wildman–Crippen LogP) is -1.41. The molecule has 1 fully saturated rings. The van der Waals surface area contributed by atoms with Gasteiger partial charge in [-0.1, -0.05) is 68.3 Å². The Hall–Kier alpha value is -8.18. The van der Waals surface area contributed by atoms with E-state index < -0.39 is 108 Å². The third-order valence-electron chi connectivity index (χ3n) is 12.3.